The van der Waals surface area contributed by atoms with E-state index in [-0.39, 0.29) is 18.6 Å². The molecule has 10 nitrogen and oxygen atoms in total. The first-order chi connectivity index (χ1) is 15.7. The summed E-state index contributed by atoms with van der Waals surface area (Å²) in [7, 11) is 0. The van der Waals surface area contributed by atoms with Gasteiger partial charge in [0.05, 0.1) is 6.04 Å². The molecule has 0 heterocycles. The van der Waals surface area contributed by atoms with E-state index in [0.717, 1.165) is 5.56 Å². The first kappa shape index (κ1) is 25.3. The summed E-state index contributed by atoms with van der Waals surface area (Å²) in [5.74, 6) is -3.02. The van der Waals surface area contributed by atoms with Crippen molar-refractivity contribution in [2.45, 2.75) is 37.9 Å². The molecule has 0 saturated heterocycles. The molecule has 0 aliphatic rings. The zero-order valence-electron chi connectivity index (χ0n) is 18.2. The molecule has 7 N–H and O–H groups in total. The Bertz CT molecular complexity index is 965. The molecule has 2 aromatic rings. The summed E-state index contributed by atoms with van der Waals surface area (Å²) in [6.45, 7) is 0.816. The summed E-state index contributed by atoms with van der Waals surface area (Å²) < 4.78 is 0. The summed E-state index contributed by atoms with van der Waals surface area (Å²) in [5.41, 5.74) is 7.56. The summed E-state index contributed by atoms with van der Waals surface area (Å²) >= 11 is 0. The van der Waals surface area contributed by atoms with Gasteiger partial charge < -0.3 is 31.9 Å². The molecule has 0 fully saturated rings. The minimum absolute atomic E-state index is 0.0531. The minimum atomic E-state index is -1.22. The molecule has 3 amide bonds. The molecule has 0 aliphatic heterocycles. The molecular formula is C23H28N4O6. The Labute approximate surface area is 191 Å². The van der Waals surface area contributed by atoms with Gasteiger partial charge in [-0.15, -0.1) is 0 Å². The topological polar surface area (TPSA) is 171 Å². The van der Waals surface area contributed by atoms with Gasteiger partial charge in [0.25, 0.3) is 0 Å². The normalized spacial score (nSPS) is 13.3. The zero-order chi connectivity index (χ0) is 24.4. The third-order valence-corrected chi connectivity index (χ3v) is 4.81. The molecule has 176 valence electrons. The van der Waals surface area contributed by atoms with Crippen LogP contribution in [-0.4, -0.2) is 58.6 Å². The predicted octanol–water partition coefficient (Wildman–Crippen LogP) is -0.305. The molecule has 0 spiro atoms. The highest BCUT2D eigenvalue weighted by Gasteiger charge is 2.27. The highest BCUT2D eigenvalue weighted by Crippen LogP contribution is 2.12. The third-order valence-electron chi connectivity index (χ3n) is 4.81. The number of nitrogens with two attached hydrogens (primary N) is 1. The van der Waals surface area contributed by atoms with Crippen LogP contribution in [0, 0.1) is 0 Å². The highest BCUT2D eigenvalue weighted by molar-refractivity contribution is 5.93. The average molecular weight is 456 g/mol. The maximum Gasteiger partial charge on any atom is 0.322 e. The number of phenols is 1. The van der Waals surface area contributed by atoms with Crippen molar-refractivity contribution in [2.75, 3.05) is 6.54 Å². The SMILES string of the molecule is CC(NC(=O)C(Cc1ccc(O)cc1)NC(=O)C(N)Cc1ccccc1)C(=O)NCC(=O)O. The van der Waals surface area contributed by atoms with Crippen LogP contribution in [0.2, 0.25) is 0 Å². The molecule has 3 unspecified atom stereocenters. The minimum Gasteiger partial charge on any atom is -0.508 e. The van der Waals surface area contributed by atoms with Crippen LogP contribution >= 0.6 is 0 Å². The highest BCUT2D eigenvalue weighted by atomic mass is 16.4. The van der Waals surface area contributed by atoms with E-state index in [1.807, 2.05) is 30.3 Å². The van der Waals surface area contributed by atoms with Gasteiger partial charge in [-0.3, -0.25) is 19.2 Å². The van der Waals surface area contributed by atoms with Gasteiger partial charge in [0, 0.05) is 6.42 Å². The second-order valence-corrected chi connectivity index (χ2v) is 7.57. The van der Waals surface area contributed by atoms with Gasteiger partial charge in [-0.2, -0.15) is 0 Å². The molecule has 2 aromatic carbocycles. The number of carbonyl (C=O) groups excluding carboxylic acids is 3. The molecule has 0 bridgehead atoms. The van der Waals surface area contributed by atoms with E-state index >= 15 is 0 Å². The summed E-state index contributed by atoms with van der Waals surface area (Å²) in [6, 6.07) is 12.3. The number of phenolic OH excluding ortho intramolecular Hbond substituents is 1. The largest absolute Gasteiger partial charge is 0.508 e. The predicted molar refractivity (Wildman–Crippen MR) is 120 cm³/mol. The molecular weight excluding hydrogens is 428 g/mol. The van der Waals surface area contributed by atoms with Crippen LogP contribution < -0.4 is 21.7 Å². The number of hydrogen-bond acceptors (Lipinski definition) is 6. The molecule has 3 atom stereocenters. The summed E-state index contributed by atoms with van der Waals surface area (Å²) in [5, 5.41) is 25.4. The Morgan fingerprint density at radius 2 is 1.45 bits per heavy atom. The Morgan fingerprint density at radius 3 is 2.06 bits per heavy atom. The fraction of sp³-hybridized carbons (Fsp3) is 0.304. The molecule has 33 heavy (non-hydrogen) atoms. The Morgan fingerprint density at radius 1 is 0.848 bits per heavy atom. The van der Waals surface area contributed by atoms with Crippen molar-refractivity contribution in [1.82, 2.24) is 16.0 Å². The Balaban J connectivity index is 2.08. The lowest BCUT2D eigenvalue weighted by Gasteiger charge is -2.23. The van der Waals surface area contributed by atoms with Crippen molar-refractivity contribution in [1.29, 1.82) is 0 Å². The van der Waals surface area contributed by atoms with E-state index in [1.54, 1.807) is 12.1 Å². The summed E-state index contributed by atoms with van der Waals surface area (Å²) in [4.78, 5) is 48.2. The van der Waals surface area contributed by atoms with Crippen molar-refractivity contribution in [3.63, 3.8) is 0 Å². The van der Waals surface area contributed by atoms with Crippen molar-refractivity contribution in [3.8, 4) is 5.75 Å². The average Bonchev–Trinajstić information content (AvgIpc) is 2.78. The van der Waals surface area contributed by atoms with Crippen LogP contribution in [0.25, 0.3) is 0 Å². The van der Waals surface area contributed by atoms with Crippen LogP contribution in [0.4, 0.5) is 0 Å². The fourth-order valence-corrected chi connectivity index (χ4v) is 3.01. The second kappa shape index (κ2) is 12.2. The number of aliphatic carboxylic acids is 1. The Hall–Kier alpha value is -3.92. The number of amides is 3. The number of carbonyl (C=O) groups is 4. The van der Waals surface area contributed by atoms with Gasteiger partial charge in [0.1, 0.15) is 24.4 Å². The van der Waals surface area contributed by atoms with Gasteiger partial charge in [0.2, 0.25) is 17.7 Å². The molecule has 0 aromatic heterocycles. The van der Waals surface area contributed by atoms with E-state index < -0.39 is 48.4 Å². The number of hydrogen-bond donors (Lipinski definition) is 6. The smallest absolute Gasteiger partial charge is 0.322 e. The van der Waals surface area contributed by atoms with Crippen molar-refractivity contribution >= 4 is 23.7 Å². The lowest BCUT2D eigenvalue weighted by atomic mass is 10.0. The van der Waals surface area contributed by atoms with Gasteiger partial charge >= 0.3 is 5.97 Å². The second-order valence-electron chi connectivity index (χ2n) is 7.57. The van der Waals surface area contributed by atoms with E-state index in [0.29, 0.717) is 5.56 Å². The summed E-state index contributed by atoms with van der Waals surface area (Å²) in [6.07, 6.45) is 0.355. The molecule has 2 rings (SSSR count). The number of aromatic hydroxyl groups is 1. The Kier molecular flexibility index (Phi) is 9.37. The quantitative estimate of drug-likeness (QED) is 0.269. The number of carboxylic acid groups (broad SMARTS) is 1. The van der Waals surface area contributed by atoms with Crippen LogP contribution in [0.3, 0.4) is 0 Å². The number of carboxylic acids is 1. The van der Waals surface area contributed by atoms with Crippen LogP contribution in [0.5, 0.6) is 5.75 Å². The van der Waals surface area contributed by atoms with Crippen LogP contribution in [0.15, 0.2) is 54.6 Å². The fourth-order valence-electron chi connectivity index (χ4n) is 3.01. The van der Waals surface area contributed by atoms with Crippen molar-refractivity contribution in [2.24, 2.45) is 5.73 Å². The van der Waals surface area contributed by atoms with Crippen LogP contribution in [-0.2, 0) is 32.0 Å². The van der Waals surface area contributed by atoms with E-state index in [1.165, 1.54) is 19.1 Å². The van der Waals surface area contributed by atoms with E-state index in [4.69, 9.17) is 10.8 Å². The van der Waals surface area contributed by atoms with Gasteiger partial charge in [0.15, 0.2) is 0 Å². The van der Waals surface area contributed by atoms with E-state index in [9.17, 15) is 24.3 Å². The first-order valence-electron chi connectivity index (χ1n) is 10.3. The maximum atomic E-state index is 12.9. The van der Waals surface area contributed by atoms with Gasteiger partial charge in [-0.25, -0.2) is 0 Å². The maximum absolute atomic E-state index is 12.9. The third kappa shape index (κ3) is 8.62. The molecule has 0 radical (unpaired) electrons. The standard InChI is InChI=1S/C23H28N4O6/c1-14(21(31)25-13-20(29)30)26-23(33)19(12-16-7-9-17(28)10-8-16)27-22(32)18(24)11-15-5-3-2-4-6-15/h2-10,14,18-19,28H,11-13,24H2,1H3,(H,25,31)(H,26,33)(H,27,32)(H,29,30). The van der Waals surface area contributed by atoms with Crippen molar-refractivity contribution in [3.05, 3.63) is 65.7 Å². The first-order valence-corrected chi connectivity index (χ1v) is 10.3. The molecule has 0 aliphatic carbocycles. The lowest BCUT2D eigenvalue weighted by molar-refractivity contribution is -0.138. The number of rotatable bonds is 11. The monoisotopic (exact) mass is 456 g/mol. The number of benzene rings is 2. The molecule has 0 saturated carbocycles. The lowest BCUT2D eigenvalue weighted by Crippen LogP contribution is -2.56. The van der Waals surface area contributed by atoms with E-state index in [2.05, 4.69) is 16.0 Å². The number of nitrogens with one attached hydrogen (secondary N) is 3. The van der Waals surface area contributed by atoms with Gasteiger partial charge in [-0.1, -0.05) is 42.5 Å². The van der Waals surface area contributed by atoms with Crippen molar-refractivity contribution < 1.29 is 29.4 Å². The van der Waals surface area contributed by atoms with Gasteiger partial charge in [-0.05, 0) is 36.6 Å². The molecule has 10 heteroatoms. The zero-order valence-corrected chi connectivity index (χ0v) is 18.2. The van der Waals surface area contributed by atoms with Crippen LogP contribution in [0.1, 0.15) is 18.1 Å².